The third-order valence-corrected chi connectivity index (χ3v) is 5.10. The third kappa shape index (κ3) is 2.73. The number of hydrogen-bond acceptors (Lipinski definition) is 2. The highest BCUT2D eigenvalue weighted by Gasteiger charge is 2.34. The largest absolute Gasteiger partial charge is 0.273 e. The molecule has 3 heteroatoms. The summed E-state index contributed by atoms with van der Waals surface area (Å²) in [5, 5.41) is 4.82. The first-order chi connectivity index (χ1) is 11.0. The van der Waals surface area contributed by atoms with Crippen molar-refractivity contribution < 1.29 is 4.79 Å². The van der Waals surface area contributed by atoms with Crippen LogP contribution in [0.15, 0.2) is 30.3 Å². The SMILES string of the molecule is CCC(=O)n1nc2c(c1-c1ccccc1)[C@H](C)CC[C@H]2C(C)C. The van der Waals surface area contributed by atoms with E-state index in [4.69, 9.17) is 5.10 Å². The maximum Gasteiger partial charge on any atom is 0.247 e. The number of nitrogens with zero attached hydrogens (tertiary/aromatic N) is 2. The predicted molar refractivity (Wildman–Crippen MR) is 93.8 cm³/mol. The van der Waals surface area contributed by atoms with Crippen LogP contribution in [-0.2, 0) is 0 Å². The van der Waals surface area contributed by atoms with E-state index in [1.54, 1.807) is 4.68 Å². The van der Waals surface area contributed by atoms with E-state index in [1.165, 1.54) is 12.0 Å². The molecular weight excluding hydrogens is 284 g/mol. The number of benzene rings is 1. The lowest BCUT2D eigenvalue weighted by molar-refractivity contribution is 0.0894. The molecule has 1 aromatic carbocycles. The number of hydrogen-bond donors (Lipinski definition) is 0. The van der Waals surface area contributed by atoms with Gasteiger partial charge in [0.1, 0.15) is 0 Å². The van der Waals surface area contributed by atoms with Crippen LogP contribution in [-0.4, -0.2) is 15.7 Å². The van der Waals surface area contributed by atoms with Crippen molar-refractivity contribution in [1.29, 1.82) is 0 Å². The number of carbonyl (C=O) groups is 1. The molecule has 2 aromatic rings. The molecule has 0 radical (unpaired) electrons. The van der Waals surface area contributed by atoms with Gasteiger partial charge in [-0.05, 0) is 24.7 Å². The van der Waals surface area contributed by atoms with Crippen LogP contribution in [0.3, 0.4) is 0 Å². The van der Waals surface area contributed by atoms with Gasteiger partial charge in [-0.3, -0.25) is 4.79 Å². The van der Waals surface area contributed by atoms with Crippen molar-refractivity contribution in [2.75, 3.05) is 0 Å². The highest BCUT2D eigenvalue weighted by atomic mass is 16.2. The van der Waals surface area contributed by atoms with Gasteiger partial charge in [-0.1, -0.05) is 58.0 Å². The molecule has 0 N–H and O–H groups in total. The van der Waals surface area contributed by atoms with E-state index < -0.39 is 0 Å². The molecule has 0 amide bonds. The van der Waals surface area contributed by atoms with E-state index in [9.17, 15) is 4.79 Å². The zero-order valence-corrected chi connectivity index (χ0v) is 14.5. The van der Waals surface area contributed by atoms with Crippen LogP contribution in [0.5, 0.6) is 0 Å². The highest BCUT2D eigenvalue weighted by molar-refractivity contribution is 5.84. The monoisotopic (exact) mass is 310 g/mol. The average Bonchev–Trinajstić information content (AvgIpc) is 2.96. The van der Waals surface area contributed by atoms with Gasteiger partial charge in [-0.15, -0.1) is 0 Å². The molecular formula is C20H26N2O. The van der Waals surface area contributed by atoms with Crippen molar-refractivity contribution in [2.24, 2.45) is 5.92 Å². The summed E-state index contributed by atoms with van der Waals surface area (Å²) in [6, 6.07) is 10.2. The number of aromatic nitrogens is 2. The Morgan fingerprint density at radius 2 is 1.96 bits per heavy atom. The van der Waals surface area contributed by atoms with E-state index in [0.29, 0.717) is 24.2 Å². The Morgan fingerprint density at radius 3 is 2.57 bits per heavy atom. The summed E-state index contributed by atoms with van der Waals surface area (Å²) >= 11 is 0. The Bertz CT molecular complexity index is 700. The van der Waals surface area contributed by atoms with Crippen molar-refractivity contribution in [3.05, 3.63) is 41.6 Å². The fourth-order valence-corrected chi connectivity index (χ4v) is 3.77. The van der Waals surface area contributed by atoms with Crippen LogP contribution < -0.4 is 0 Å². The summed E-state index contributed by atoms with van der Waals surface area (Å²) in [5.74, 6) is 1.53. The first-order valence-electron chi connectivity index (χ1n) is 8.76. The van der Waals surface area contributed by atoms with Gasteiger partial charge in [0.05, 0.1) is 11.4 Å². The number of fused-ring (bicyclic) bond motifs is 1. The van der Waals surface area contributed by atoms with Crippen molar-refractivity contribution >= 4 is 5.91 Å². The molecule has 3 rings (SSSR count). The second-order valence-electron chi connectivity index (χ2n) is 7.00. The molecule has 0 aliphatic heterocycles. The van der Waals surface area contributed by atoms with Gasteiger partial charge in [0, 0.05) is 23.5 Å². The molecule has 0 spiro atoms. The van der Waals surface area contributed by atoms with Crippen LogP contribution in [0.25, 0.3) is 11.3 Å². The van der Waals surface area contributed by atoms with Gasteiger partial charge in [-0.2, -0.15) is 9.78 Å². The van der Waals surface area contributed by atoms with Crippen molar-refractivity contribution in [1.82, 2.24) is 9.78 Å². The Hall–Kier alpha value is -1.90. The van der Waals surface area contributed by atoms with Gasteiger partial charge in [0.25, 0.3) is 0 Å². The summed E-state index contributed by atoms with van der Waals surface area (Å²) < 4.78 is 1.68. The normalized spacial score (nSPS) is 20.6. The molecule has 1 aliphatic carbocycles. The molecule has 0 unspecified atom stereocenters. The van der Waals surface area contributed by atoms with Crippen LogP contribution in [0.4, 0.5) is 0 Å². The van der Waals surface area contributed by atoms with Gasteiger partial charge in [0.2, 0.25) is 5.91 Å². The first kappa shape index (κ1) is 16.0. The van der Waals surface area contributed by atoms with E-state index in [0.717, 1.165) is 23.4 Å². The Balaban J connectivity index is 2.26. The van der Waals surface area contributed by atoms with Gasteiger partial charge < -0.3 is 0 Å². The second-order valence-corrected chi connectivity index (χ2v) is 7.00. The number of carbonyl (C=O) groups excluding carboxylic acids is 1. The fourth-order valence-electron chi connectivity index (χ4n) is 3.77. The third-order valence-electron chi connectivity index (χ3n) is 5.10. The van der Waals surface area contributed by atoms with Crippen molar-refractivity contribution in [2.45, 2.75) is 58.8 Å². The molecule has 1 aromatic heterocycles. The van der Waals surface area contributed by atoms with Crippen LogP contribution in [0.1, 0.15) is 74.8 Å². The lowest BCUT2D eigenvalue weighted by Crippen LogP contribution is -2.17. The Morgan fingerprint density at radius 1 is 1.26 bits per heavy atom. The average molecular weight is 310 g/mol. The lowest BCUT2D eigenvalue weighted by atomic mass is 9.75. The van der Waals surface area contributed by atoms with Crippen molar-refractivity contribution in [3.8, 4) is 11.3 Å². The quantitative estimate of drug-likeness (QED) is 0.777. The molecule has 0 saturated heterocycles. The van der Waals surface area contributed by atoms with Gasteiger partial charge >= 0.3 is 0 Å². The molecule has 0 fully saturated rings. The zero-order chi connectivity index (χ0) is 16.6. The Kier molecular flexibility index (Phi) is 4.38. The summed E-state index contributed by atoms with van der Waals surface area (Å²) in [6.45, 7) is 8.69. The molecule has 1 aliphatic rings. The second kappa shape index (κ2) is 6.31. The molecule has 1 heterocycles. The summed E-state index contributed by atoms with van der Waals surface area (Å²) in [7, 11) is 0. The minimum absolute atomic E-state index is 0.0768. The molecule has 2 atom stereocenters. The summed E-state index contributed by atoms with van der Waals surface area (Å²) in [5.41, 5.74) is 4.56. The minimum atomic E-state index is 0.0768. The standard InChI is InChI=1S/C20H26N2O/c1-5-17(23)22-20(15-9-7-6-8-10-15)18-14(4)11-12-16(13(2)3)19(18)21-22/h6-10,13-14,16H,5,11-12H2,1-4H3/t14-,16+/m1/s1. The van der Waals surface area contributed by atoms with Crippen LogP contribution >= 0.6 is 0 Å². The Labute approximate surface area is 138 Å². The predicted octanol–water partition coefficient (Wildman–Crippen LogP) is 5.24. The summed E-state index contributed by atoms with van der Waals surface area (Å²) in [6.07, 6.45) is 2.81. The van der Waals surface area contributed by atoms with Gasteiger partial charge in [0.15, 0.2) is 0 Å². The first-order valence-corrected chi connectivity index (χ1v) is 8.76. The maximum absolute atomic E-state index is 12.5. The minimum Gasteiger partial charge on any atom is -0.273 e. The van der Waals surface area contributed by atoms with E-state index >= 15 is 0 Å². The molecule has 23 heavy (non-hydrogen) atoms. The number of rotatable bonds is 3. The van der Waals surface area contributed by atoms with E-state index in [1.807, 2.05) is 25.1 Å². The smallest absolute Gasteiger partial charge is 0.247 e. The molecule has 0 bridgehead atoms. The van der Waals surface area contributed by atoms with Crippen LogP contribution in [0.2, 0.25) is 0 Å². The molecule has 122 valence electrons. The lowest BCUT2D eigenvalue weighted by Gasteiger charge is -2.28. The highest BCUT2D eigenvalue weighted by Crippen LogP contribution is 2.45. The van der Waals surface area contributed by atoms with E-state index in [-0.39, 0.29) is 5.91 Å². The molecule has 3 nitrogen and oxygen atoms in total. The van der Waals surface area contributed by atoms with E-state index in [2.05, 4.69) is 32.9 Å². The molecule has 0 saturated carbocycles. The van der Waals surface area contributed by atoms with Crippen LogP contribution in [0, 0.1) is 5.92 Å². The van der Waals surface area contributed by atoms with Gasteiger partial charge in [-0.25, -0.2) is 0 Å². The fraction of sp³-hybridized carbons (Fsp3) is 0.500. The summed E-state index contributed by atoms with van der Waals surface area (Å²) in [4.78, 5) is 12.5. The topological polar surface area (TPSA) is 34.9 Å². The van der Waals surface area contributed by atoms with Crippen molar-refractivity contribution in [3.63, 3.8) is 0 Å². The zero-order valence-electron chi connectivity index (χ0n) is 14.5. The maximum atomic E-state index is 12.5.